The highest BCUT2D eigenvalue weighted by Gasteiger charge is 2.28. The normalized spacial score (nSPS) is 34.2. The zero-order valence-electron chi connectivity index (χ0n) is 7.64. The van der Waals surface area contributed by atoms with E-state index in [9.17, 15) is 4.39 Å². The van der Waals surface area contributed by atoms with Crippen LogP contribution in [0.15, 0.2) is 0 Å². The van der Waals surface area contributed by atoms with E-state index in [0.29, 0.717) is 6.54 Å². The van der Waals surface area contributed by atoms with E-state index in [2.05, 4.69) is 4.90 Å². The minimum Gasteiger partial charge on any atom is -0.297 e. The van der Waals surface area contributed by atoms with E-state index < -0.39 is 6.17 Å². The van der Waals surface area contributed by atoms with Crippen molar-refractivity contribution in [3.8, 4) is 0 Å². The number of likely N-dealkylation sites (tertiary alicyclic amines) is 1. The van der Waals surface area contributed by atoms with Crippen LogP contribution in [0.25, 0.3) is 0 Å². The first-order valence-corrected chi connectivity index (χ1v) is 5.24. The van der Waals surface area contributed by atoms with Crippen molar-refractivity contribution in [1.29, 1.82) is 0 Å². The van der Waals surface area contributed by atoms with Gasteiger partial charge in [0.05, 0.1) is 0 Å². The van der Waals surface area contributed by atoms with Crippen LogP contribution in [0.2, 0.25) is 0 Å². The standard InChI is InChI=1S/C10H18FN/c11-9-6-7-12(8-9)10-4-2-1-3-5-10/h9-10H,1-8H2/t9-/m1/s1. The van der Waals surface area contributed by atoms with Gasteiger partial charge in [-0.15, -0.1) is 0 Å². The van der Waals surface area contributed by atoms with Crippen LogP contribution in [0.3, 0.4) is 0 Å². The van der Waals surface area contributed by atoms with E-state index in [1.54, 1.807) is 0 Å². The van der Waals surface area contributed by atoms with Gasteiger partial charge in [0, 0.05) is 19.1 Å². The molecule has 0 radical (unpaired) electrons. The van der Waals surface area contributed by atoms with Gasteiger partial charge in [0.2, 0.25) is 0 Å². The van der Waals surface area contributed by atoms with Gasteiger partial charge in [-0.3, -0.25) is 4.90 Å². The first kappa shape index (κ1) is 8.49. The van der Waals surface area contributed by atoms with Gasteiger partial charge in [0.25, 0.3) is 0 Å². The lowest BCUT2D eigenvalue weighted by Gasteiger charge is -2.30. The highest BCUT2D eigenvalue weighted by molar-refractivity contribution is 4.82. The van der Waals surface area contributed by atoms with Gasteiger partial charge in [-0.2, -0.15) is 0 Å². The maximum Gasteiger partial charge on any atom is 0.114 e. The third kappa shape index (κ3) is 1.79. The summed E-state index contributed by atoms with van der Waals surface area (Å²) in [6, 6.07) is 0.722. The summed E-state index contributed by atoms with van der Waals surface area (Å²) in [6.07, 6.45) is 6.97. The lowest BCUT2D eigenvalue weighted by atomic mass is 9.94. The van der Waals surface area contributed by atoms with Crippen molar-refractivity contribution in [2.75, 3.05) is 13.1 Å². The molecule has 1 atom stereocenters. The van der Waals surface area contributed by atoms with Gasteiger partial charge in [-0.1, -0.05) is 19.3 Å². The molecule has 0 bridgehead atoms. The van der Waals surface area contributed by atoms with E-state index in [1.165, 1.54) is 32.1 Å². The second-order valence-electron chi connectivity index (χ2n) is 4.17. The number of halogens is 1. The Labute approximate surface area is 73.9 Å². The molecule has 0 aromatic carbocycles. The van der Waals surface area contributed by atoms with Gasteiger partial charge in [-0.05, 0) is 19.3 Å². The molecule has 2 rings (SSSR count). The Morgan fingerprint density at radius 3 is 2.33 bits per heavy atom. The van der Waals surface area contributed by atoms with Crippen molar-refractivity contribution >= 4 is 0 Å². The average Bonchev–Trinajstić information content (AvgIpc) is 2.54. The second kappa shape index (κ2) is 3.73. The van der Waals surface area contributed by atoms with E-state index in [4.69, 9.17) is 0 Å². The van der Waals surface area contributed by atoms with E-state index in [0.717, 1.165) is 19.0 Å². The molecule has 70 valence electrons. The fourth-order valence-corrected chi connectivity index (χ4v) is 2.52. The Kier molecular flexibility index (Phi) is 2.64. The molecule has 0 spiro atoms. The summed E-state index contributed by atoms with van der Waals surface area (Å²) in [7, 11) is 0. The molecule has 12 heavy (non-hydrogen) atoms. The number of hydrogen-bond donors (Lipinski definition) is 0. The first-order valence-electron chi connectivity index (χ1n) is 5.24. The van der Waals surface area contributed by atoms with Gasteiger partial charge in [-0.25, -0.2) is 4.39 Å². The number of alkyl halides is 1. The molecule has 0 aromatic rings. The molecule has 1 heterocycles. The largest absolute Gasteiger partial charge is 0.297 e. The molecule has 1 nitrogen and oxygen atoms in total. The van der Waals surface area contributed by atoms with Crippen molar-refractivity contribution in [1.82, 2.24) is 4.90 Å². The predicted molar refractivity (Wildman–Crippen MR) is 48.0 cm³/mol. The SMILES string of the molecule is F[C@@H]1CCN(C2CCCCC2)C1. The first-order chi connectivity index (χ1) is 5.86. The van der Waals surface area contributed by atoms with Crippen molar-refractivity contribution in [2.24, 2.45) is 0 Å². The van der Waals surface area contributed by atoms with Gasteiger partial charge in [0.15, 0.2) is 0 Å². The fraction of sp³-hybridized carbons (Fsp3) is 1.00. The maximum atomic E-state index is 12.9. The average molecular weight is 171 g/mol. The summed E-state index contributed by atoms with van der Waals surface area (Å²) in [5, 5.41) is 0. The molecule has 2 aliphatic rings. The number of hydrogen-bond acceptors (Lipinski definition) is 1. The van der Waals surface area contributed by atoms with Gasteiger partial charge >= 0.3 is 0 Å². The van der Waals surface area contributed by atoms with E-state index in [-0.39, 0.29) is 0 Å². The summed E-state index contributed by atoms with van der Waals surface area (Å²) in [4.78, 5) is 2.36. The number of nitrogens with zero attached hydrogens (tertiary/aromatic N) is 1. The Hall–Kier alpha value is -0.110. The molecule has 2 heteroatoms. The Balaban J connectivity index is 1.83. The highest BCUT2D eigenvalue weighted by atomic mass is 19.1. The highest BCUT2D eigenvalue weighted by Crippen LogP contribution is 2.26. The third-order valence-electron chi connectivity index (χ3n) is 3.25. The van der Waals surface area contributed by atoms with Gasteiger partial charge < -0.3 is 0 Å². The third-order valence-corrected chi connectivity index (χ3v) is 3.25. The molecule has 0 aromatic heterocycles. The van der Waals surface area contributed by atoms with Crippen molar-refractivity contribution in [3.63, 3.8) is 0 Å². The van der Waals surface area contributed by atoms with Gasteiger partial charge in [0.1, 0.15) is 6.17 Å². The molecule has 1 aliphatic heterocycles. The fourth-order valence-electron chi connectivity index (χ4n) is 2.52. The minimum absolute atomic E-state index is 0.535. The molecular weight excluding hydrogens is 153 g/mol. The topological polar surface area (TPSA) is 3.24 Å². The molecule has 1 saturated carbocycles. The molecule has 0 unspecified atom stereocenters. The summed E-state index contributed by atoms with van der Waals surface area (Å²) in [5.41, 5.74) is 0. The Morgan fingerprint density at radius 2 is 1.75 bits per heavy atom. The van der Waals surface area contributed by atoms with Crippen LogP contribution in [-0.4, -0.2) is 30.2 Å². The van der Waals surface area contributed by atoms with Crippen molar-refractivity contribution in [3.05, 3.63) is 0 Å². The van der Waals surface area contributed by atoms with Crippen LogP contribution in [-0.2, 0) is 0 Å². The summed E-state index contributed by atoms with van der Waals surface area (Å²) in [5.74, 6) is 0. The molecular formula is C10H18FN. The molecule has 2 fully saturated rings. The summed E-state index contributed by atoms with van der Waals surface area (Å²) in [6.45, 7) is 1.72. The lowest BCUT2D eigenvalue weighted by molar-refractivity contribution is 0.178. The van der Waals surface area contributed by atoms with Crippen molar-refractivity contribution in [2.45, 2.75) is 50.7 Å². The number of rotatable bonds is 1. The zero-order chi connectivity index (χ0) is 8.39. The van der Waals surface area contributed by atoms with Crippen LogP contribution in [0.5, 0.6) is 0 Å². The van der Waals surface area contributed by atoms with E-state index in [1.807, 2.05) is 0 Å². The van der Waals surface area contributed by atoms with Crippen LogP contribution < -0.4 is 0 Å². The van der Waals surface area contributed by atoms with Crippen LogP contribution >= 0.6 is 0 Å². The zero-order valence-corrected chi connectivity index (χ0v) is 7.64. The smallest absolute Gasteiger partial charge is 0.114 e. The molecule has 0 N–H and O–H groups in total. The second-order valence-corrected chi connectivity index (χ2v) is 4.17. The summed E-state index contributed by atoms with van der Waals surface area (Å²) >= 11 is 0. The molecule has 0 amide bonds. The quantitative estimate of drug-likeness (QED) is 0.585. The minimum atomic E-state index is -0.535. The van der Waals surface area contributed by atoms with Crippen molar-refractivity contribution < 1.29 is 4.39 Å². The molecule has 1 aliphatic carbocycles. The van der Waals surface area contributed by atoms with E-state index >= 15 is 0 Å². The predicted octanol–water partition coefficient (Wildman–Crippen LogP) is 2.36. The van der Waals surface area contributed by atoms with Crippen LogP contribution in [0, 0.1) is 0 Å². The molecule has 1 saturated heterocycles. The summed E-state index contributed by atoms with van der Waals surface area (Å²) < 4.78 is 12.9. The Bertz CT molecular complexity index is 140. The lowest BCUT2D eigenvalue weighted by Crippen LogP contribution is -2.35. The Morgan fingerprint density at radius 1 is 1.00 bits per heavy atom. The maximum absolute atomic E-state index is 12.9. The van der Waals surface area contributed by atoms with Crippen LogP contribution in [0.1, 0.15) is 38.5 Å². The monoisotopic (exact) mass is 171 g/mol. The van der Waals surface area contributed by atoms with Crippen LogP contribution in [0.4, 0.5) is 4.39 Å².